The van der Waals surface area contributed by atoms with E-state index < -0.39 is 11.0 Å². The molecule has 1 amide bonds. The maximum Gasteiger partial charge on any atom is 0.435 e. The van der Waals surface area contributed by atoms with E-state index in [4.69, 9.17) is 4.84 Å². The summed E-state index contributed by atoms with van der Waals surface area (Å²) in [6, 6.07) is 0. The average molecular weight is 254 g/mol. The molecule has 98 valence electrons. The van der Waals surface area contributed by atoms with Gasteiger partial charge in [-0.25, -0.2) is 4.79 Å². The summed E-state index contributed by atoms with van der Waals surface area (Å²) in [5.41, 5.74) is 0.0341. The van der Waals surface area contributed by atoms with Gasteiger partial charge in [-0.3, -0.25) is 15.0 Å². The van der Waals surface area contributed by atoms with Crippen LogP contribution < -0.4 is 4.84 Å². The number of rotatable bonds is 2. The normalized spacial score (nSPS) is 15.5. The van der Waals surface area contributed by atoms with Crippen molar-refractivity contribution in [2.75, 3.05) is 13.1 Å². The molecule has 0 atom stereocenters. The van der Waals surface area contributed by atoms with Gasteiger partial charge in [-0.1, -0.05) is 4.85 Å². The quantitative estimate of drug-likeness (QED) is 0.583. The number of amides is 1. The first kappa shape index (κ1) is 12.3. The molecule has 0 unspecified atom stereocenters. The smallest absolute Gasteiger partial charge is 0.306 e. The van der Waals surface area contributed by atoms with Crippen molar-refractivity contribution in [2.24, 2.45) is 0 Å². The number of hydrogen-bond donors (Lipinski definition) is 0. The summed E-state index contributed by atoms with van der Waals surface area (Å²) in [6.45, 7) is 2.79. The van der Waals surface area contributed by atoms with Gasteiger partial charge in [0.15, 0.2) is 5.69 Å². The lowest BCUT2D eigenvalue weighted by molar-refractivity contribution is -0.385. The fourth-order valence-electron chi connectivity index (χ4n) is 1.86. The van der Waals surface area contributed by atoms with Gasteiger partial charge in [0.2, 0.25) is 0 Å². The van der Waals surface area contributed by atoms with E-state index in [1.807, 2.05) is 0 Å². The Kier molecular flexibility index (Phi) is 3.45. The standard InChI is InChI=1S/C10H14N4O4/c1-8-9(14(16)17)7-11-13(8)18-10(15)12-5-3-2-4-6-12/h7H,2-6H2,1H3. The van der Waals surface area contributed by atoms with E-state index in [1.165, 1.54) is 6.92 Å². The van der Waals surface area contributed by atoms with Crippen LogP contribution >= 0.6 is 0 Å². The van der Waals surface area contributed by atoms with Gasteiger partial charge in [0.1, 0.15) is 6.20 Å². The van der Waals surface area contributed by atoms with E-state index in [1.54, 1.807) is 4.90 Å². The third-order valence-electron chi connectivity index (χ3n) is 2.92. The van der Waals surface area contributed by atoms with E-state index in [9.17, 15) is 14.9 Å². The zero-order chi connectivity index (χ0) is 13.1. The number of likely N-dealkylation sites (tertiary alicyclic amines) is 1. The van der Waals surface area contributed by atoms with Gasteiger partial charge in [0.05, 0.1) is 4.92 Å². The molecule has 2 rings (SSSR count). The summed E-state index contributed by atoms with van der Waals surface area (Å²) in [5, 5.41) is 14.3. The summed E-state index contributed by atoms with van der Waals surface area (Å²) in [5.74, 6) is 0. The van der Waals surface area contributed by atoms with Crippen LogP contribution in [0.4, 0.5) is 10.5 Å². The minimum atomic E-state index is -0.562. The molecule has 18 heavy (non-hydrogen) atoms. The predicted octanol–water partition coefficient (Wildman–Crippen LogP) is 1.13. The van der Waals surface area contributed by atoms with Crippen molar-refractivity contribution in [3.8, 4) is 0 Å². The van der Waals surface area contributed by atoms with Gasteiger partial charge < -0.3 is 4.90 Å². The lowest BCUT2D eigenvalue weighted by Crippen LogP contribution is -2.40. The summed E-state index contributed by atoms with van der Waals surface area (Å²) >= 11 is 0. The Balaban J connectivity index is 2.04. The largest absolute Gasteiger partial charge is 0.435 e. The zero-order valence-electron chi connectivity index (χ0n) is 10.0. The van der Waals surface area contributed by atoms with Gasteiger partial charge in [-0.05, 0) is 26.2 Å². The van der Waals surface area contributed by atoms with Gasteiger partial charge >= 0.3 is 11.8 Å². The van der Waals surface area contributed by atoms with Crippen LogP contribution in [0.3, 0.4) is 0 Å². The van der Waals surface area contributed by atoms with E-state index in [0.29, 0.717) is 13.1 Å². The van der Waals surface area contributed by atoms with Crippen LogP contribution in [0.25, 0.3) is 0 Å². The lowest BCUT2D eigenvalue weighted by atomic mass is 10.1. The second kappa shape index (κ2) is 5.03. The van der Waals surface area contributed by atoms with Crippen LogP contribution in [-0.2, 0) is 0 Å². The molecule has 8 heteroatoms. The fourth-order valence-corrected chi connectivity index (χ4v) is 1.86. The molecule has 1 aliphatic rings. The lowest BCUT2D eigenvalue weighted by Gasteiger charge is -2.25. The van der Waals surface area contributed by atoms with Crippen molar-refractivity contribution >= 4 is 11.8 Å². The number of nitrogens with zero attached hydrogens (tertiary/aromatic N) is 4. The Morgan fingerprint density at radius 2 is 2.11 bits per heavy atom. The van der Waals surface area contributed by atoms with Gasteiger partial charge in [-0.15, -0.1) is 5.10 Å². The van der Waals surface area contributed by atoms with E-state index in [-0.39, 0.29) is 11.4 Å². The van der Waals surface area contributed by atoms with Crippen LogP contribution in [0, 0.1) is 17.0 Å². The number of piperidine rings is 1. The number of carbonyl (C=O) groups excluding carboxylic acids is 1. The summed E-state index contributed by atoms with van der Waals surface area (Å²) in [7, 11) is 0. The van der Waals surface area contributed by atoms with Gasteiger partial charge in [-0.2, -0.15) is 0 Å². The summed E-state index contributed by atoms with van der Waals surface area (Å²) in [6.07, 6.45) is 3.56. The molecule has 1 aromatic heterocycles. The maximum atomic E-state index is 11.8. The highest BCUT2D eigenvalue weighted by Gasteiger charge is 2.23. The number of nitro groups is 1. The van der Waals surface area contributed by atoms with Crippen molar-refractivity contribution in [3.63, 3.8) is 0 Å². The highest BCUT2D eigenvalue weighted by molar-refractivity contribution is 5.68. The average Bonchev–Trinajstić information content (AvgIpc) is 2.72. The van der Waals surface area contributed by atoms with Crippen LogP contribution in [0.1, 0.15) is 25.0 Å². The third kappa shape index (κ3) is 2.41. The van der Waals surface area contributed by atoms with E-state index in [2.05, 4.69) is 5.10 Å². The molecular weight excluding hydrogens is 240 g/mol. The molecule has 0 spiro atoms. The van der Waals surface area contributed by atoms with Gasteiger partial charge in [0.25, 0.3) is 0 Å². The Morgan fingerprint density at radius 3 is 2.67 bits per heavy atom. The molecule has 2 heterocycles. The zero-order valence-corrected chi connectivity index (χ0v) is 10.0. The molecule has 0 aromatic carbocycles. The molecular formula is C10H14N4O4. The number of aromatic nitrogens is 2. The molecule has 0 radical (unpaired) electrons. The molecule has 1 aliphatic heterocycles. The minimum absolute atomic E-state index is 0.165. The minimum Gasteiger partial charge on any atom is -0.306 e. The molecule has 1 fully saturated rings. The highest BCUT2D eigenvalue weighted by Crippen LogP contribution is 2.15. The second-order valence-electron chi connectivity index (χ2n) is 4.15. The Bertz CT molecular complexity index is 464. The van der Waals surface area contributed by atoms with Crippen molar-refractivity contribution in [3.05, 3.63) is 22.0 Å². The predicted molar refractivity (Wildman–Crippen MR) is 61.0 cm³/mol. The second-order valence-corrected chi connectivity index (χ2v) is 4.15. The summed E-state index contributed by atoms with van der Waals surface area (Å²) in [4.78, 5) is 29.3. The van der Waals surface area contributed by atoms with Crippen molar-refractivity contribution < 1.29 is 14.6 Å². The molecule has 1 aromatic rings. The molecule has 0 aliphatic carbocycles. The Morgan fingerprint density at radius 1 is 1.44 bits per heavy atom. The monoisotopic (exact) mass is 254 g/mol. The number of carbonyl (C=O) groups is 1. The Labute approximate surface area is 103 Å². The maximum absolute atomic E-state index is 11.8. The van der Waals surface area contributed by atoms with Crippen LogP contribution in [0.5, 0.6) is 0 Å². The van der Waals surface area contributed by atoms with Crippen LogP contribution in [0.2, 0.25) is 0 Å². The van der Waals surface area contributed by atoms with Crippen molar-refractivity contribution in [1.29, 1.82) is 0 Å². The van der Waals surface area contributed by atoms with Gasteiger partial charge in [0, 0.05) is 13.1 Å². The van der Waals surface area contributed by atoms with E-state index >= 15 is 0 Å². The third-order valence-corrected chi connectivity index (χ3v) is 2.92. The SMILES string of the molecule is Cc1c([N+](=O)[O-])cnn1OC(=O)N1CCCCC1. The molecule has 0 N–H and O–H groups in total. The Hall–Kier alpha value is -2.12. The molecule has 1 saturated heterocycles. The van der Waals surface area contributed by atoms with Crippen molar-refractivity contribution in [1.82, 2.24) is 14.8 Å². The highest BCUT2D eigenvalue weighted by atomic mass is 16.7. The molecule has 8 nitrogen and oxygen atoms in total. The van der Waals surface area contributed by atoms with Crippen LogP contribution in [-0.4, -0.2) is 38.9 Å². The first-order valence-corrected chi connectivity index (χ1v) is 5.76. The first-order valence-electron chi connectivity index (χ1n) is 5.76. The van der Waals surface area contributed by atoms with Crippen LogP contribution in [0.15, 0.2) is 6.20 Å². The first-order chi connectivity index (χ1) is 8.59. The molecule has 0 bridgehead atoms. The van der Waals surface area contributed by atoms with Crippen molar-refractivity contribution in [2.45, 2.75) is 26.2 Å². The summed E-state index contributed by atoms with van der Waals surface area (Å²) < 4.78 is 0. The topological polar surface area (TPSA) is 90.5 Å². The number of hydrogen-bond acceptors (Lipinski definition) is 5. The fraction of sp³-hybridized carbons (Fsp3) is 0.600. The molecule has 0 saturated carbocycles. The van der Waals surface area contributed by atoms with E-state index in [0.717, 1.165) is 30.3 Å².